The summed E-state index contributed by atoms with van der Waals surface area (Å²) < 4.78 is 0. The molecule has 0 amide bonds. The van der Waals surface area contributed by atoms with Crippen molar-refractivity contribution in [1.29, 1.82) is 0 Å². The molecule has 0 bridgehead atoms. The van der Waals surface area contributed by atoms with E-state index in [1.165, 1.54) is 5.39 Å². The summed E-state index contributed by atoms with van der Waals surface area (Å²) in [5.74, 6) is 0.549. The third-order valence-corrected chi connectivity index (χ3v) is 2.74. The van der Waals surface area contributed by atoms with Gasteiger partial charge >= 0.3 is 0 Å². The molecule has 0 saturated heterocycles. The van der Waals surface area contributed by atoms with Crippen molar-refractivity contribution < 1.29 is 0 Å². The van der Waals surface area contributed by atoms with Crippen LogP contribution in [0.15, 0.2) is 18.3 Å². The van der Waals surface area contributed by atoms with Crippen molar-refractivity contribution in [2.75, 3.05) is 0 Å². The molecule has 0 aromatic carbocycles. The van der Waals surface area contributed by atoms with Gasteiger partial charge in [0, 0.05) is 17.5 Å². The van der Waals surface area contributed by atoms with E-state index in [1.54, 1.807) is 6.20 Å². The van der Waals surface area contributed by atoms with Crippen LogP contribution < -0.4 is 0 Å². The van der Waals surface area contributed by atoms with E-state index in [2.05, 4.69) is 35.1 Å². The molecule has 0 atom stereocenters. The standard InChI is InChI=1S/C11H15N3/c1-3-8(4-2)10-9-6-5-7-12-11(9)14-13-10/h5-8H,3-4H2,1-2H3,(H,12,13,14). The van der Waals surface area contributed by atoms with Gasteiger partial charge in [-0.05, 0) is 25.0 Å². The van der Waals surface area contributed by atoms with Gasteiger partial charge in [0.05, 0.1) is 5.69 Å². The second kappa shape index (κ2) is 3.78. The second-order valence-electron chi connectivity index (χ2n) is 3.52. The van der Waals surface area contributed by atoms with E-state index in [0.717, 1.165) is 24.2 Å². The number of nitrogens with one attached hydrogen (secondary N) is 1. The summed E-state index contributed by atoms with van der Waals surface area (Å²) in [6, 6.07) is 4.04. The average Bonchev–Trinajstić information content (AvgIpc) is 2.65. The highest BCUT2D eigenvalue weighted by Crippen LogP contribution is 2.26. The summed E-state index contributed by atoms with van der Waals surface area (Å²) in [6.45, 7) is 4.40. The van der Waals surface area contributed by atoms with Crippen molar-refractivity contribution in [2.45, 2.75) is 32.6 Å². The van der Waals surface area contributed by atoms with Crippen molar-refractivity contribution >= 4 is 11.0 Å². The molecule has 0 aliphatic carbocycles. The summed E-state index contributed by atoms with van der Waals surface area (Å²) in [4.78, 5) is 4.23. The van der Waals surface area contributed by atoms with Gasteiger partial charge in [-0.25, -0.2) is 4.98 Å². The van der Waals surface area contributed by atoms with Crippen LogP contribution in [0.5, 0.6) is 0 Å². The van der Waals surface area contributed by atoms with Gasteiger partial charge in [-0.1, -0.05) is 13.8 Å². The minimum atomic E-state index is 0.549. The number of pyridine rings is 1. The third kappa shape index (κ3) is 1.39. The van der Waals surface area contributed by atoms with Gasteiger partial charge in [0.25, 0.3) is 0 Å². The molecule has 0 spiro atoms. The van der Waals surface area contributed by atoms with E-state index in [-0.39, 0.29) is 0 Å². The van der Waals surface area contributed by atoms with Gasteiger partial charge < -0.3 is 0 Å². The zero-order chi connectivity index (χ0) is 9.97. The first kappa shape index (κ1) is 9.19. The number of hydrogen-bond donors (Lipinski definition) is 1. The molecule has 0 saturated carbocycles. The van der Waals surface area contributed by atoms with Crippen LogP contribution in [0.4, 0.5) is 0 Å². The van der Waals surface area contributed by atoms with E-state index in [9.17, 15) is 0 Å². The number of hydrogen-bond acceptors (Lipinski definition) is 2. The lowest BCUT2D eigenvalue weighted by Gasteiger charge is -2.08. The molecule has 2 heterocycles. The Morgan fingerprint density at radius 2 is 2.14 bits per heavy atom. The maximum atomic E-state index is 4.35. The number of fused-ring (bicyclic) bond motifs is 1. The summed E-state index contributed by atoms with van der Waals surface area (Å²) in [5.41, 5.74) is 2.06. The molecular weight excluding hydrogens is 174 g/mol. The van der Waals surface area contributed by atoms with Crippen LogP contribution in [-0.4, -0.2) is 15.2 Å². The topological polar surface area (TPSA) is 41.6 Å². The number of H-pyrrole nitrogens is 1. The molecule has 0 unspecified atom stereocenters. The van der Waals surface area contributed by atoms with Gasteiger partial charge in [0.15, 0.2) is 5.65 Å². The minimum Gasteiger partial charge on any atom is -0.261 e. The molecule has 0 aliphatic rings. The quantitative estimate of drug-likeness (QED) is 0.806. The summed E-state index contributed by atoms with van der Waals surface area (Å²) >= 11 is 0. The Kier molecular flexibility index (Phi) is 2.48. The lowest BCUT2D eigenvalue weighted by molar-refractivity contribution is 0.625. The van der Waals surface area contributed by atoms with E-state index in [0.29, 0.717) is 5.92 Å². The average molecular weight is 189 g/mol. The highest BCUT2D eigenvalue weighted by molar-refractivity contribution is 5.77. The monoisotopic (exact) mass is 189 g/mol. The van der Waals surface area contributed by atoms with Crippen LogP contribution >= 0.6 is 0 Å². The summed E-state index contributed by atoms with van der Waals surface area (Å²) in [6.07, 6.45) is 4.05. The lowest BCUT2D eigenvalue weighted by atomic mass is 9.97. The fourth-order valence-electron chi connectivity index (χ4n) is 1.86. The second-order valence-corrected chi connectivity index (χ2v) is 3.52. The predicted octanol–water partition coefficient (Wildman–Crippen LogP) is 2.86. The Labute approximate surface area is 83.6 Å². The number of aromatic amines is 1. The largest absolute Gasteiger partial charge is 0.261 e. The third-order valence-electron chi connectivity index (χ3n) is 2.74. The van der Waals surface area contributed by atoms with Gasteiger partial charge in [0.2, 0.25) is 0 Å². The molecule has 1 N–H and O–H groups in total. The molecule has 2 aromatic heterocycles. The van der Waals surface area contributed by atoms with E-state index in [4.69, 9.17) is 0 Å². The maximum absolute atomic E-state index is 4.35. The van der Waals surface area contributed by atoms with E-state index < -0.39 is 0 Å². The molecule has 2 aromatic rings. The Hall–Kier alpha value is -1.38. The van der Waals surface area contributed by atoms with Gasteiger partial charge in [-0.3, -0.25) is 5.10 Å². The highest BCUT2D eigenvalue weighted by Gasteiger charge is 2.13. The number of aromatic nitrogens is 3. The summed E-state index contributed by atoms with van der Waals surface area (Å²) in [5, 5.41) is 8.49. The van der Waals surface area contributed by atoms with Crippen LogP contribution in [0.1, 0.15) is 38.3 Å². The van der Waals surface area contributed by atoms with Crippen LogP contribution in [0.2, 0.25) is 0 Å². The number of rotatable bonds is 3. The van der Waals surface area contributed by atoms with Crippen molar-refractivity contribution in [3.8, 4) is 0 Å². The van der Waals surface area contributed by atoms with Crippen molar-refractivity contribution in [2.24, 2.45) is 0 Å². The van der Waals surface area contributed by atoms with Crippen molar-refractivity contribution in [1.82, 2.24) is 15.2 Å². The van der Waals surface area contributed by atoms with Gasteiger partial charge in [0.1, 0.15) is 0 Å². The van der Waals surface area contributed by atoms with Crippen LogP contribution in [-0.2, 0) is 0 Å². The highest BCUT2D eigenvalue weighted by atomic mass is 15.1. The van der Waals surface area contributed by atoms with Crippen LogP contribution in [0.3, 0.4) is 0 Å². The van der Waals surface area contributed by atoms with E-state index in [1.807, 2.05) is 6.07 Å². The molecule has 3 heteroatoms. The fraction of sp³-hybridized carbons (Fsp3) is 0.455. The lowest BCUT2D eigenvalue weighted by Crippen LogP contribution is -1.96. The number of nitrogens with zero attached hydrogens (tertiary/aromatic N) is 2. The first-order chi connectivity index (χ1) is 6.86. The van der Waals surface area contributed by atoms with Crippen molar-refractivity contribution in [3.63, 3.8) is 0 Å². The van der Waals surface area contributed by atoms with Gasteiger partial charge in [-0.2, -0.15) is 5.10 Å². The summed E-state index contributed by atoms with van der Waals surface area (Å²) in [7, 11) is 0. The molecular formula is C11H15N3. The molecule has 0 aliphatic heterocycles. The van der Waals surface area contributed by atoms with Gasteiger partial charge in [-0.15, -0.1) is 0 Å². The van der Waals surface area contributed by atoms with Crippen LogP contribution in [0, 0.1) is 0 Å². The molecule has 3 nitrogen and oxygen atoms in total. The van der Waals surface area contributed by atoms with Crippen LogP contribution in [0.25, 0.3) is 11.0 Å². The Balaban J connectivity index is 2.51. The zero-order valence-corrected chi connectivity index (χ0v) is 8.62. The van der Waals surface area contributed by atoms with E-state index >= 15 is 0 Å². The predicted molar refractivity (Wildman–Crippen MR) is 57.2 cm³/mol. The Morgan fingerprint density at radius 3 is 2.86 bits per heavy atom. The first-order valence-electron chi connectivity index (χ1n) is 5.15. The SMILES string of the molecule is CCC(CC)c1n[nH]c2ncccc12. The maximum Gasteiger partial charge on any atom is 0.155 e. The minimum absolute atomic E-state index is 0.549. The fourth-order valence-corrected chi connectivity index (χ4v) is 1.86. The Bertz CT molecular complexity index is 415. The molecule has 2 rings (SSSR count). The molecule has 74 valence electrons. The Morgan fingerprint density at radius 1 is 1.36 bits per heavy atom. The zero-order valence-electron chi connectivity index (χ0n) is 8.62. The van der Waals surface area contributed by atoms with Crippen molar-refractivity contribution in [3.05, 3.63) is 24.0 Å². The molecule has 0 fully saturated rings. The molecule has 14 heavy (non-hydrogen) atoms. The smallest absolute Gasteiger partial charge is 0.155 e. The first-order valence-corrected chi connectivity index (χ1v) is 5.15. The molecule has 0 radical (unpaired) electrons. The normalized spacial score (nSPS) is 11.4.